The molecule has 0 atom stereocenters. The maximum atomic E-state index is 13.4. The second-order valence-corrected chi connectivity index (χ2v) is 13.0. The Balaban J connectivity index is 1.60. The number of anilines is 2. The molecule has 1 N–H and O–H groups in total. The topological polar surface area (TPSA) is 92.8 Å². The van der Waals surface area contributed by atoms with E-state index in [4.69, 9.17) is 4.74 Å². The molecule has 0 radical (unpaired) electrons. The average Bonchev–Trinajstić information content (AvgIpc) is 3.56. The van der Waals surface area contributed by atoms with Gasteiger partial charge in [0.05, 0.1) is 34.6 Å². The van der Waals surface area contributed by atoms with Crippen LogP contribution in [0, 0.1) is 10.8 Å². The predicted octanol–water partition coefficient (Wildman–Crippen LogP) is 4.93. The average molecular weight is 499 g/mol. The minimum atomic E-state index is -3.50. The van der Waals surface area contributed by atoms with Crippen LogP contribution in [0.5, 0.6) is 0 Å². The van der Waals surface area contributed by atoms with Crippen molar-refractivity contribution in [3.8, 4) is 0 Å². The Hall–Kier alpha value is -2.87. The van der Waals surface area contributed by atoms with E-state index >= 15 is 0 Å². The number of carbonyl (C=O) groups is 2. The van der Waals surface area contributed by atoms with Gasteiger partial charge in [0.1, 0.15) is 0 Å². The first-order valence-electron chi connectivity index (χ1n) is 12.0. The highest BCUT2D eigenvalue weighted by molar-refractivity contribution is 7.91. The van der Waals surface area contributed by atoms with Crippen LogP contribution in [0.15, 0.2) is 47.4 Å². The Kier molecular flexibility index (Phi) is 6.70. The zero-order chi connectivity index (χ0) is 25.4. The second kappa shape index (κ2) is 9.30. The van der Waals surface area contributed by atoms with Crippen LogP contribution in [-0.4, -0.2) is 46.2 Å². The summed E-state index contributed by atoms with van der Waals surface area (Å²) < 4.78 is 30.6. The Morgan fingerprint density at radius 2 is 1.71 bits per heavy atom. The lowest BCUT2D eigenvalue weighted by Crippen LogP contribution is -2.36. The number of benzene rings is 2. The molecule has 1 saturated carbocycles. The molecule has 1 heterocycles. The molecule has 2 aromatic rings. The largest absolute Gasteiger partial charge is 0.465 e. The van der Waals surface area contributed by atoms with Crippen LogP contribution in [0.3, 0.4) is 0 Å². The fraction of sp³-hybridized carbons (Fsp3) is 0.481. The molecule has 8 heteroatoms. The van der Waals surface area contributed by atoms with Gasteiger partial charge in [-0.1, -0.05) is 26.8 Å². The van der Waals surface area contributed by atoms with Gasteiger partial charge in [-0.2, -0.15) is 0 Å². The van der Waals surface area contributed by atoms with Crippen LogP contribution in [0.2, 0.25) is 0 Å². The van der Waals surface area contributed by atoms with Gasteiger partial charge in [0.15, 0.2) is 9.84 Å². The highest BCUT2D eigenvalue weighted by Crippen LogP contribution is 2.54. The number of carbonyl (C=O) groups excluding carboxylic acids is 2. The molecule has 2 fully saturated rings. The zero-order valence-corrected chi connectivity index (χ0v) is 21.7. The lowest BCUT2D eigenvalue weighted by molar-refractivity contribution is 0.0600. The Labute approximate surface area is 207 Å². The van der Waals surface area contributed by atoms with E-state index in [1.165, 1.54) is 26.0 Å². The molecule has 1 saturated heterocycles. The van der Waals surface area contributed by atoms with Crippen molar-refractivity contribution in [1.82, 2.24) is 0 Å². The number of hydrogen-bond acceptors (Lipinski definition) is 6. The van der Waals surface area contributed by atoms with E-state index in [9.17, 15) is 18.0 Å². The van der Waals surface area contributed by atoms with E-state index in [0.29, 0.717) is 27.9 Å². The number of esters is 1. The van der Waals surface area contributed by atoms with Crippen LogP contribution in [0.25, 0.3) is 0 Å². The van der Waals surface area contributed by atoms with Crippen LogP contribution in [-0.2, 0) is 14.6 Å². The minimum Gasteiger partial charge on any atom is -0.465 e. The van der Waals surface area contributed by atoms with Crippen LogP contribution < -0.4 is 10.2 Å². The van der Waals surface area contributed by atoms with Gasteiger partial charge in [0, 0.05) is 18.8 Å². The predicted molar refractivity (Wildman–Crippen MR) is 137 cm³/mol. The summed E-state index contributed by atoms with van der Waals surface area (Å²) in [4.78, 5) is 27.9. The fourth-order valence-electron chi connectivity index (χ4n) is 4.75. The Bertz CT molecular complexity index is 1230. The van der Waals surface area contributed by atoms with Gasteiger partial charge < -0.3 is 15.0 Å². The standard InChI is InChI=1S/C27H34N2O5S/c1-26(2,3)18-35(32,33)21-7-5-6-20(17-21)28-24(30)22-9-8-19(25(31)34-4)16-23(22)29-14-12-27(10-11-27)13-15-29/h5-9,16-17H,10-15,18H2,1-4H3,(H,28,30). The van der Waals surface area contributed by atoms with E-state index in [1.54, 1.807) is 36.4 Å². The molecule has 2 aliphatic rings. The van der Waals surface area contributed by atoms with Gasteiger partial charge in [-0.15, -0.1) is 0 Å². The molecule has 1 aliphatic heterocycles. The molecular formula is C27H34N2O5S. The molecule has 1 spiro atoms. The molecule has 7 nitrogen and oxygen atoms in total. The van der Waals surface area contributed by atoms with Crippen LogP contribution in [0.4, 0.5) is 11.4 Å². The molecule has 35 heavy (non-hydrogen) atoms. The summed E-state index contributed by atoms with van der Waals surface area (Å²) >= 11 is 0. The van der Waals surface area contributed by atoms with E-state index in [1.807, 2.05) is 20.8 Å². The van der Waals surface area contributed by atoms with Crippen molar-refractivity contribution in [3.63, 3.8) is 0 Å². The van der Waals surface area contributed by atoms with Crippen molar-refractivity contribution >= 4 is 33.1 Å². The van der Waals surface area contributed by atoms with Crippen LogP contribution in [0.1, 0.15) is 67.2 Å². The molecule has 0 unspecified atom stereocenters. The Morgan fingerprint density at radius 3 is 2.31 bits per heavy atom. The quantitative estimate of drug-likeness (QED) is 0.568. The third kappa shape index (κ3) is 5.86. The van der Waals surface area contributed by atoms with E-state index in [2.05, 4.69) is 10.2 Å². The molecule has 0 aromatic heterocycles. The second-order valence-electron chi connectivity index (χ2n) is 11.0. The maximum Gasteiger partial charge on any atom is 0.337 e. The van der Waals surface area contributed by atoms with Gasteiger partial charge in [0.2, 0.25) is 0 Å². The van der Waals surface area contributed by atoms with Crippen molar-refractivity contribution in [2.75, 3.05) is 36.2 Å². The molecule has 4 rings (SSSR count). The van der Waals surface area contributed by atoms with Crippen molar-refractivity contribution in [2.24, 2.45) is 10.8 Å². The van der Waals surface area contributed by atoms with E-state index < -0.39 is 15.8 Å². The number of sulfone groups is 1. The first kappa shape index (κ1) is 25.2. The van der Waals surface area contributed by atoms with Crippen molar-refractivity contribution < 1.29 is 22.7 Å². The third-order valence-electron chi connectivity index (χ3n) is 6.86. The summed E-state index contributed by atoms with van der Waals surface area (Å²) in [6.07, 6.45) is 4.68. The number of nitrogens with one attached hydrogen (secondary N) is 1. The maximum absolute atomic E-state index is 13.4. The first-order chi connectivity index (χ1) is 16.4. The summed E-state index contributed by atoms with van der Waals surface area (Å²) in [6, 6.07) is 11.3. The zero-order valence-electron chi connectivity index (χ0n) is 20.9. The van der Waals surface area contributed by atoms with Gasteiger partial charge >= 0.3 is 5.97 Å². The highest BCUT2D eigenvalue weighted by atomic mass is 32.2. The molecule has 0 bridgehead atoms. The molecular weight excluding hydrogens is 464 g/mol. The molecule has 1 aliphatic carbocycles. The van der Waals surface area contributed by atoms with E-state index in [-0.39, 0.29) is 22.0 Å². The summed E-state index contributed by atoms with van der Waals surface area (Å²) in [6.45, 7) is 7.28. The lowest BCUT2D eigenvalue weighted by atomic mass is 9.92. The number of methoxy groups -OCH3 is 1. The summed E-state index contributed by atoms with van der Waals surface area (Å²) in [7, 11) is -2.17. The lowest BCUT2D eigenvalue weighted by Gasteiger charge is -2.35. The summed E-state index contributed by atoms with van der Waals surface area (Å²) in [5, 5.41) is 2.86. The SMILES string of the molecule is COC(=O)c1ccc(C(=O)Nc2cccc(S(=O)(=O)CC(C)(C)C)c2)c(N2CCC3(CC2)CC3)c1. The van der Waals surface area contributed by atoms with E-state index in [0.717, 1.165) is 25.9 Å². The minimum absolute atomic E-state index is 0.00693. The molecule has 1 amide bonds. The van der Waals surface area contributed by atoms with Gasteiger partial charge in [0.25, 0.3) is 5.91 Å². The number of ether oxygens (including phenoxy) is 1. The number of rotatable bonds is 6. The van der Waals surface area contributed by atoms with Gasteiger partial charge in [-0.25, -0.2) is 13.2 Å². The van der Waals surface area contributed by atoms with Gasteiger partial charge in [-0.3, -0.25) is 4.79 Å². The van der Waals surface area contributed by atoms with Crippen LogP contribution >= 0.6 is 0 Å². The third-order valence-corrected chi connectivity index (χ3v) is 9.08. The smallest absolute Gasteiger partial charge is 0.337 e. The first-order valence-corrected chi connectivity index (χ1v) is 13.7. The van der Waals surface area contributed by atoms with Crippen molar-refractivity contribution in [1.29, 1.82) is 0 Å². The number of nitrogens with zero attached hydrogens (tertiary/aromatic N) is 1. The highest BCUT2D eigenvalue weighted by Gasteiger charge is 2.44. The normalized spacial score (nSPS) is 17.2. The molecule has 188 valence electrons. The van der Waals surface area contributed by atoms with Crippen molar-refractivity contribution in [2.45, 2.75) is 51.3 Å². The van der Waals surface area contributed by atoms with Crippen molar-refractivity contribution in [3.05, 3.63) is 53.6 Å². The number of piperidine rings is 1. The monoisotopic (exact) mass is 498 g/mol. The fourth-order valence-corrected chi connectivity index (χ4v) is 6.65. The van der Waals surface area contributed by atoms with Gasteiger partial charge in [-0.05, 0) is 72.9 Å². The summed E-state index contributed by atoms with van der Waals surface area (Å²) in [5.41, 5.74) is 2.01. The summed E-state index contributed by atoms with van der Waals surface area (Å²) in [5.74, 6) is -0.799. The molecule has 2 aromatic carbocycles. The number of hydrogen-bond donors (Lipinski definition) is 1. The number of amides is 1. The Morgan fingerprint density at radius 1 is 1.03 bits per heavy atom.